The lowest BCUT2D eigenvalue weighted by atomic mass is 10.6. The first-order valence-corrected chi connectivity index (χ1v) is 2.72. The molecular formula is C6H6O6. The third-order valence-corrected chi connectivity index (χ3v) is 0.585. The van der Waals surface area contributed by atoms with E-state index in [1.165, 1.54) is 0 Å². The Labute approximate surface area is 68.2 Å². The zero-order valence-electron chi connectivity index (χ0n) is 6.45. The Morgan fingerprint density at radius 2 is 1.25 bits per heavy atom. The third-order valence-electron chi connectivity index (χ3n) is 0.585. The van der Waals surface area contributed by atoms with Crippen LogP contribution < -0.4 is 0 Å². The molecule has 6 nitrogen and oxygen atoms in total. The smallest absolute Gasteiger partial charge is 0.284 e. The van der Waals surface area contributed by atoms with Gasteiger partial charge < -0.3 is 0 Å². The van der Waals surface area contributed by atoms with Crippen molar-refractivity contribution >= 4 is 11.9 Å². The first-order chi connectivity index (χ1) is 5.70. The molecule has 0 heterocycles. The summed E-state index contributed by atoms with van der Waals surface area (Å²) in [5.74, 6) is 1.57. The van der Waals surface area contributed by atoms with Gasteiger partial charge in [0.15, 0.2) is 0 Å². The molecule has 12 heavy (non-hydrogen) atoms. The molecule has 0 aliphatic heterocycles. The minimum atomic E-state index is -0.995. The Hall–Kier alpha value is -1.58. The van der Waals surface area contributed by atoms with Gasteiger partial charge in [-0.3, -0.25) is 9.78 Å². The van der Waals surface area contributed by atoms with E-state index in [1.54, 1.807) is 11.8 Å². The first-order valence-electron chi connectivity index (χ1n) is 2.72. The fourth-order valence-electron chi connectivity index (χ4n) is 0.295. The van der Waals surface area contributed by atoms with Crippen molar-refractivity contribution in [2.24, 2.45) is 0 Å². The maximum atomic E-state index is 10.4. The summed E-state index contributed by atoms with van der Waals surface area (Å²) in [7, 11) is 2.26. The molecule has 0 amide bonds. The molecule has 0 saturated carbocycles. The highest BCUT2D eigenvalue weighted by Gasteiger charge is 1.98. The molecule has 0 bridgehead atoms. The van der Waals surface area contributed by atoms with E-state index in [0.717, 1.165) is 14.2 Å². The molecule has 0 N–H and O–H groups in total. The van der Waals surface area contributed by atoms with Gasteiger partial charge in [-0.2, -0.15) is 9.78 Å². The van der Waals surface area contributed by atoms with Crippen LogP contribution in [0, 0.1) is 11.8 Å². The molecule has 0 saturated heterocycles. The van der Waals surface area contributed by atoms with Crippen LogP contribution in [0.15, 0.2) is 0 Å². The minimum absolute atomic E-state index is 0.995. The Balaban J connectivity index is 3.85. The van der Waals surface area contributed by atoms with Crippen LogP contribution >= 0.6 is 0 Å². The predicted molar refractivity (Wildman–Crippen MR) is 34.0 cm³/mol. The van der Waals surface area contributed by atoms with Crippen molar-refractivity contribution in [2.75, 3.05) is 14.2 Å². The number of carbonyl (C=O) groups is 2. The molecule has 0 aliphatic carbocycles. The molecule has 0 radical (unpaired) electrons. The lowest BCUT2D eigenvalue weighted by Crippen LogP contribution is -2.03. The molecule has 0 rings (SSSR count). The van der Waals surface area contributed by atoms with Crippen LogP contribution in [-0.2, 0) is 29.1 Å². The van der Waals surface area contributed by atoms with Gasteiger partial charge in [-0.05, 0) is 0 Å². The SMILES string of the molecule is COOC(=O)C#CC(=O)OOC. The van der Waals surface area contributed by atoms with Gasteiger partial charge in [-0.25, -0.2) is 9.59 Å². The second-order valence-electron chi connectivity index (χ2n) is 1.32. The van der Waals surface area contributed by atoms with E-state index in [4.69, 9.17) is 0 Å². The van der Waals surface area contributed by atoms with Gasteiger partial charge in [0.25, 0.3) is 0 Å². The summed E-state index contributed by atoms with van der Waals surface area (Å²) < 4.78 is 0. The quantitative estimate of drug-likeness (QED) is 0.310. The molecule has 0 fully saturated rings. The molecule has 0 spiro atoms. The molecule has 66 valence electrons. The van der Waals surface area contributed by atoms with Crippen LogP contribution in [0.25, 0.3) is 0 Å². The lowest BCUT2D eigenvalue weighted by molar-refractivity contribution is -0.249. The van der Waals surface area contributed by atoms with Crippen molar-refractivity contribution in [2.45, 2.75) is 0 Å². The standard InChI is InChI=1S/C6H6O6/c1-9-11-5(7)3-4-6(8)12-10-2/h1-2H3. The monoisotopic (exact) mass is 174 g/mol. The van der Waals surface area contributed by atoms with Crippen LogP contribution in [0.4, 0.5) is 0 Å². The third kappa shape index (κ3) is 5.22. The zero-order valence-corrected chi connectivity index (χ0v) is 6.45. The van der Waals surface area contributed by atoms with Crippen molar-refractivity contribution in [3.05, 3.63) is 0 Å². The van der Waals surface area contributed by atoms with Gasteiger partial charge in [0.05, 0.1) is 14.2 Å². The second kappa shape index (κ2) is 6.15. The van der Waals surface area contributed by atoms with Gasteiger partial charge in [0, 0.05) is 11.8 Å². The summed E-state index contributed by atoms with van der Waals surface area (Å²) >= 11 is 0. The van der Waals surface area contributed by atoms with Crippen molar-refractivity contribution < 1.29 is 29.1 Å². The van der Waals surface area contributed by atoms with E-state index in [9.17, 15) is 9.59 Å². The molecule has 0 aliphatic rings. The molecule has 0 aromatic rings. The summed E-state index contributed by atoms with van der Waals surface area (Å²) in [5, 5.41) is 0. The van der Waals surface area contributed by atoms with Crippen molar-refractivity contribution in [3.63, 3.8) is 0 Å². The highest BCUT2D eigenvalue weighted by Crippen LogP contribution is 1.77. The van der Waals surface area contributed by atoms with Crippen molar-refractivity contribution in [1.82, 2.24) is 0 Å². The Kier molecular flexibility index (Phi) is 5.34. The highest BCUT2D eigenvalue weighted by molar-refractivity contribution is 5.97. The molecular weight excluding hydrogens is 168 g/mol. The summed E-state index contributed by atoms with van der Waals surface area (Å²) in [5.41, 5.74) is 0. The predicted octanol–water partition coefficient (Wildman–Crippen LogP) is -0.801. The number of hydrogen-bond donors (Lipinski definition) is 0. The number of rotatable bonds is 2. The number of hydrogen-bond acceptors (Lipinski definition) is 6. The van der Waals surface area contributed by atoms with E-state index in [1.807, 2.05) is 0 Å². The Morgan fingerprint density at radius 1 is 0.917 bits per heavy atom. The maximum Gasteiger partial charge on any atom is 0.417 e. The highest BCUT2D eigenvalue weighted by atomic mass is 17.2. The van der Waals surface area contributed by atoms with Gasteiger partial charge in [-0.1, -0.05) is 0 Å². The topological polar surface area (TPSA) is 71.1 Å². The van der Waals surface area contributed by atoms with E-state index >= 15 is 0 Å². The summed E-state index contributed by atoms with van der Waals surface area (Å²) in [6, 6.07) is 0. The first kappa shape index (κ1) is 10.4. The average molecular weight is 174 g/mol. The Morgan fingerprint density at radius 3 is 1.50 bits per heavy atom. The summed E-state index contributed by atoms with van der Waals surface area (Å²) in [6.07, 6.45) is 0. The van der Waals surface area contributed by atoms with Crippen LogP contribution in [0.3, 0.4) is 0 Å². The van der Waals surface area contributed by atoms with Crippen LogP contribution in [0.1, 0.15) is 0 Å². The minimum Gasteiger partial charge on any atom is -0.284 e. The molecule has 6 heteroatoms. The van der Waals surface area contributed by atoms with Crippen LogP contribution in [0.5, 0.6) is 0 Å². The average Bonchev–Trinajstić information content (AvgIpc) is 2.02. The van der Waals surface area contributed by atoms with Crippen molar-refractivity contribution in [3.8, 4) is 11.8 Å². The Bertz CT molecular complexity index is 200. The largest absolute Gasteiger partial charge is 0.417 e. The molecule has 0 aromatic carbocycles. The number of carbonyl (C=O) groups excluding carboxylic acids is 2. The molecule has 0 aromatic heterocycles. The van der Waals surface area contributed by atoms with Gasteiger partial charge in [0.2, 0.25) is 0 Å². The fraction of sp³-hybridized carbons (Fsp3) is 0.333. The summed E-state index contributed by atoms with van der Waals surface area (Å²) in [4.78, 5) is 36.5. The van der Waals surface area contributed by atoms with Crippen LogP contribution in [-0.4, -0.2) is 26.2 Å². The van der Waals surface area contributed by atoms with Crippen molar-refractivity contribution in [1.29, 1.82) is 0 Å². The maximum absolute atomic E-state index is 10.4. The summed E-state index contributed by atoms with van der Waals surface area (Å²) in [6.45, 7) is 0. The fourth-order valence-corrected chi connectivity index (χ4v) is 0.295. The molecule has 0 unspecified atom stereocenters. The lowest BCUT2D eigenvalue weighted by Gasteiger charge is -1.90. The second-order valence-corrected chi connectivity index (χ2v) is 1.32. The van der Waals surface area contributed by atoms with Gasteiger partial charge in [-0.15, -0.1) is 0 Å². The van der Waals surface area contributed by atoms with Crippen LogP contribution in [0.2, 0.25) is 0 Å². The van der Waals surface area contributed by atoms with E-state index in [2.05, 4.69) is 19.6 Å². The zero-order chi connectivity index (χ0) is 9.40. The van der Waals surface area contributed by atoms with E-state index in [-0.39, 0.29) is 0 Å². The van der Waals surface area contributed by atoms with Gasteiger partial charge >= 0.3 is 11.9 Å². The van der Waals surface area contributed by atoms with E-state index in [0.29, 0.717) is 0 Å². The van der Waals surface area contributed by atoms with E-state index < -0.39 is 11.9 Å². The van der Waals surface area contributed by atoms with Gasteiger partial charge in [0.1, 0.15) is 0 Å². The molecule has 0 atom stereocenters. The normalized spacial score (nSPS) is 7.83.